The van der Waals surface area contributed by atoms with Gasteiger partial charge >= 0.3 is 5.63 Å². The number of fused-ring (bicyclic) bond motifs is 1. The molecule has 0 amide bonds. The molecule has 1 aromatic heterocycles. The Hall–Kier alpha value is -1.97. The lowest BCUT2D eigenvalue weighted by molar-refractivity contribution is 0.406. The lowest BCUT2D eigenvalue weighted by Crippen LogP contribution is -2.05. The molecule has 0 bridgehead atoms. The maximum atomic E-state index is 11.3. The normalized spacial score (nSPS) is 10.8. The molecule has 0 aliphatic carbocycles. The van der Waals surface area contributed by atoms with Gasteiger partial charge in [0.2, 0.25) is 0 Å². The van der Waals surface area contributed by atoms with E-state index in [0.29, 0.717) is 16.5 Å². The second-order valence-corrected chi connectivity index (χ2v) is 3.45. The SMILES string of the molecule is Cc1c(C)c2c(O)c(O)ccc2oc1=O. The average molecular weight is 206 g/mol. The number of aromatic hydroxyl groups is 2. The van der Waals surface area contributed by atoms with Crippen molar-refractivity contribution in [3.8, 4) is 11.5 Å². The predicted octanol–water partition coefficient (Wildman–Crippen LogP) is 1.82. The molecule has 2 N–H and O–H groups in total. The van der Waals surface area contributed by atoms with Crippen LogP contribution in [0, 0.1) is 13.8 Å². The van der Waals surface area contributed by atoms with Gasteiger partial charge in [-0.25, -0.2) is 4.79 Å². The van der Waals surface area contributed by atoms with E-state index >= 15 is 0 Å². The smallest absolute Gasteiger partial charge is 0.339 e. The molecule has 0 unspecified atom stereocenters. The Kier molecular flexibility index (Phi) is 1.93. The van der Waals surface area contributed by atoms with Gasteiger partial charge in [-0.3, -0.25) is 0 Å². The highest BCUT2D eigenvalue weighted by Gasteiger charge is 2.13. The minimum absolute atomic E-state index is 0.223. The van der Waals surface area contributed by atoms with E-state index in [1.165, 1.54) is 12.1 Å². The second kappa shape index (κ2) is 3.02. The van der Waals surface area contributed by atoms with E-state index in [2.05, 4.69) is 0 Å². The predicted molar refractivity (Wildman–Crippen MR) is 55.3 cm³/mol. The third kappa shape index (κ3) is 1.26. The van der Waals surface area contributed by atoms with Crippen LogP contribution >= 0.6 is 0 Å². The van der Waals surface area contributed by atoms with Crippen LogP contribution in [-0.2, 0) is 0 Å². The molecule has 4 heteroatoms. The molecule has 0 spiro atoms. The van der Waals surface area contributed by atoms with E-state index in [9.17, 15) is 15.0 Å². The fourth-order valence-corrected chi connectivity index (χ4v) is 1.53. The lowest BCUT2D eigenvalue weighted by Gasteiger charge is -2.06. The fourth-order valence-electron chi connectivity index (χ4n) is 1.53. The van der Waals surface area contributed by atoms with Gasteiger partial charge in [-0.15, -0.1) is 0 Å². The quantitative estimate of drug-likeness (QED) is 0.509. The summed E-state index contributed by atoms with van der Waals surface area (Å²) in [6, 6.07) is 2.74. The molecule has 1 heterocycles. The van der Waals surface area contributed by atoms with E-state index < -0.39 is 5.63 Å². The van der Waals surface area contributed by atoms with Gasteiger partial charge < -0.3 is 14.6 Å². The van der Waals surface area contributed by atoms with E-state index in [-0.39, 0.29) is 17.1 Å². The van der Waals surface area contributed by atoms with Crippen LogP contribution in [0.2, 0.25) is 0 Å². The van der Waals surface area contributed by atoms with Gasteiger partial charge in [-0.2, -0.15) is 0 Å². The minimum Gasteiger partial charge on any atom is -0.504 e. The van der Waals surface area contributed by atoms with E-state index in [0.717, 1.165) is 0 Å². The summed E-state index contributed by atoms with van der Waals surface area (Å²) in [6.07, 6.45) is 0. The first-order chi connectivity index (χ1) is 7.02. The van der Waals surface area contributed by atoms with Gasteiger partial charge in [0, 0.05) is 5.56 Å². The molecule has 0 atom stereocenters. The minimum atomic E-state index is -0.426. The molecule has 1 aromatic carbocycles. The Morgan fingerprint density at radius 3 is 2.47 bits per heavy atom. The van der Waals surface area contributed by atoms with Crippen molar-refractivity contribution in [1.29, 1.82) is 0 Å². The zero-order chi connectivity index (χ0) is 11.2. The second-order valence-electron chi connectivity index (χ2n) is 3.45. The van der Waals surface area contributed by atoms with Crippen LogP contribution in [0.4, 0.5) is 0 Å². The van der Waals surface area contributed by atoms with Crippen LogP contribution < -0.4 is 5.63 Å². The Morgan fingerprint density at radius 2 is 1.80 bits per heavy atom. The Morgan fingerprint density at radius 1 is 1.13 bits per heavy atom. The molecule has 0 saturated heterocycles. The standard InChI is InChI=1S/C11H10O4/c1-5-6(2)11(14)15-8-4-3-7(12)10(13)9(5)8/h3-4,12-13H,1-2H3. The fraction of sp³-hybridized carbons (Fsp3) is 0.182. The Labute approximate surface area is 85.4 Å². The van der Waals surface area contributed by atoms with E-state index in [4.69, 9.17) is 4.42 Å². The molecule has 0 aliphatic rings. The lowest BCUT2D eigenvalue weighted by atomic mass is 10.1. The summed E-state index contributed by atoms with van der Waals surface area (Å²) in [5.74, 6) is -0.476. The van der Waals surface area contributed by atoms with Crippen molar-refractivity contribution in [2.75, 3.05) is 0 Å². The van der Waals surface area contributed by atoms with E-state index in [1.54, 1.807) is 13.8 Å². The highest BCUT2D eigenvalue weighted by Crippen LogP contribution is 2.35. The molecule has 2 aromatic rings. The first-order valence-electron chi connectivity index (χ1n) is 4.47. The number of benzene rings is 1. The van der Waals surface area contributed by atoms with Crippen molar-refractivity contribution in [3.05, 3.63) is 33.7 Å². The maximum Gasteiger partial charge on any atom is 0.339 e. The topological polar surface area (TPSA) is 70.7 Å². The van der Waals surface area contributed by atoms with Crippen LogP contribution in [0.5, 0.6) is 11.5 Å². The molecular weight excluding hydrogens is 196 g/mol. The maximum absolute atomic E-state index is 11.3. The highest BCUT2D eigenvalue weighted by molar-refractivity contribution is 5.89. The number of hydrogen-bond donors (Lipinski definition) is 2. The summed E-state index contributed by atoms with van der Waals surface area (Å²) >= 11 is 0. The summed E-state index contributed by atoms with van der Waals surface area (Å²) < 4.78 is 4.98. The van der Waals surface area contributed by atoms with Gasteiger partial charge in [0.1, 0.15) is 5.58 Å². The number of aryl methyl sites for hydroxylation is 1. The van der Waals surface area contributed by atoms with Crippen LogP contribution in [0.15, 0.2) is 21.3 Å². The van der Waals surface area contributed by atoms with E-state index in [1.807, 2.05) is 0 Å². The molecule has 0 radical (unpaired) electrons. The summed E-state index contributed by atoms with van der Waals surface area (Å²) in [4.78, 5) is 11.3. The molecule has 0 saturated carbocycles. The van der Waals surface area contributed by atoms with Gasteiger partial charge in [0.05, 0.1) is 5.39 Å². The first kappa shape index (κ1) is 9.58. The summed E-state index contributed by atoms with van der Waals surface area (Å²) in [5.41, 5.74) is 0.904. The molecule has 78 valence electrons. The van der Waals surface area contributed by atoms with Crippen molar-refractivity contribution >= 4 is 11.0 Å². The van der Waals surface area contributed by atoms with Crippen LogP contribution in [0.1, 0.15) is 11.1 Å². The Balaban J connectivity index is 3.07. The molecule has 2 rings (SSSR count). The molecular formula is C11H10O4. The zero-order valence-electron chi connectivity index (χ0n) is 8.37. The van der Waals surface area contributed by atoms with Gasteiger partial charge in [0.25, 0.3) is 0 Å². The molecule has 15 heavy (non-hydrogen) atoms. The average Bonchev–Trinajstić information content (AvgIpc) is 2.20. The zero-order valence-corrected chi connectivity index (χ0v) is 8.37. The molecule has 0 fully saturated rings. The monoisotopic (exact) mass is 206 g/mol. The van der Waals surface area contributed by atoms with Crippen molar-refractivity contribution < 1.29 is 14.6 Å². The number of phenolic OH excluding ortho intramolecular Hbond substituents is 2. The van der Waals surface area contributed by atoms with Crippen LogP contribution in [0.3, 0.4) is 0 Å². The number of hydrogen-bond acceptors (Lipinski definition) is 4. The summed E-state index contributed by atoms with van der Waals surface area (Å²) in [6.45, 7) is 3.32. The highest BCUT2D eigenvalue weighted by atomic mass is 16.4. The largest absolute Gasteiger partial charge is 0.504 e. The first-order valence-corrected chi connectivity index (χ1v) is 4.47. The van der Waals surface area contributed by atoms with Gasteiger partial charge in [0.15, 0.2) is 11.5 Å². The van der Waals surface area contributed by atoms with Gasteiger partial charge in [-0.1, -0.05) is 0 Å². The molecule has 4 nitrogen and oxygen atoms in total. The third-order valence-electron chi connectivity index (χ3n) is 2.56. The van der Waals surface area contributed by atoms with Crippen molar-refractivity contribution in [2.45, 2.75) is 13.8 Å². The van der Waals surface area contributed by atoms with Crippen molar-refractivity contribution in [1.82, 2.24) is 0 Å². The molecule has 0 aliphatic heterocycles. The third-order valence-corrected chi connectivity index (χ3v) is 2.56. The van der Waals surface area contributed by atoms with Crippen LogP contribution in [0.25, 0.3) is 11.0 Å². The Bertz CT molecular complexity index is 596. The van der Waals surface area contributed by atoms with Crippen molar-refractivity contribution in [3.63, 3.8) is 0 Å². The summed E-state index contributed by atoms with van der Waals surface area (Å²) in [5, 5.41) is 19.4. The summed E-state index contributed by atoms with van der Waals surface area (Å²) in [7, 11) is 0. The van der Waals surface area contributed by atoms with Gasteiger partial charge in [-0.05, 0) is 31.5 Å². The van der Waals surface area contributed by atoms with Crippen molar-refractivity contribution in [2.24, 2.45) is 0 Å². The number of rotatable bonds is 0. The number of phenols is 2. The van der Waals surface area contributed by atoms with Crippen LogP contribution in [-0.4, -0.2) is 10.2 Å².